The molecule has 4 atom stereocenters. The minimum absolute atomic E-state index is 0.215. The Balaban J connectivity index is 0. The molecule has 1 aliphatic rings. The summed E-state index contributed by atoms with van der Waals surface area (Å²) in [5.74, 6) is 0. The highest BCUT2D eigenvalue weighted by atomic mass is 16.5. The largest absolute Gasteiger partial charge is 0.394 e. The van der Waals surface area contributed by atoms with Gasteiger partial charge < -0.3 is 30.9 Å². The molecule has 0 aliphatic carbocycles. The minimum atomic E-state index is -1.08. The topological polar surface area (TPSA) is 132 Å². The summed E-state index contributed by atoms with van der Waals surface area (Å²) >= 11 is 0. The molecule has 0 aromatic rings. The van der Waals surface area contributed by atoms with Gasteiger partial charge in [-0.2, -0.15) is 5.10 Å². The van der Waals surface area contributed by atoms with Crippen LogP contribution < -0.4 is 5.73 Å². The molecular weight excluding hydrogens is 314 g/mol. The van der Waals surface area contributed by atoms with Gasteiger partial charge in [0.1, 0.15) is 12.2 Å². The second-order valence-corrected chi connectivity index (χ2v) is 5.03. The zero-order valence-corrected chi connectivity index (χ0v) is 15.3. The molecule has 0 bridgehead atoms. The molecule has 1 saturated heterocycles. The van der Waals surface area contributed by atoms with Gasteiger partial charge in [0.25, 0.3) is 0 Å². The van der Waals surface area contributed by atoms with Crippen LogP contribution in [0.4, 0.5) is 0 Å². The monoisotopic (exact) mass is 349 g/mol. The van der Waals surface area contributed by atoms with E-state index in [1.807, 2.05) is 27.0 Å². The third kappa shape index (κ3) is 9.31. The van der Waals surface area contributed by atoms with Crippen LogP contribution in [-0.2, 0) is 4.74 Å². The van der Waals surface area contributed by atoms with Crippen LogP contribution in [0.25, 0.3) is 0 Å². The molecule has 0 aromatic heterocycles. The maximum Gasteiger partial charge on any atom is 0.153 e. The van der Waals surface area contributed by atoms with Crippen molar-refractivity contribution in [3.63, 3.8) is 0 Å². The number of ether oxygens (including phenoxy) is 1. The van der Waals surface area contributed by atoms with Crippen molar-refractivity contribution in [3.05, 3.63) is 11.8 Å². The standard InChI is InChI=1S/C13H24N2O4.C2H6.CH5NO/c1-4-5-9(2)7-15(14-3)12-6-10(17)13(18)11(8-16)19-12;1-2;2-1-3/h7,10-13,16-18H,3-6,8H2,1-2H3;1-2H3;3H,1-2H2/b9-7-;;. The van der Waals surface area contributed by atoms with E-state index >= 15 is 0 Å². The first kappa shape index (κ1) is 25.2. The summed E-state index contributed by atoms with van der Waals surface area (Å²) < 4.78 is 5.54. The van der Waals surface area contributed by atoms with E-state index in [1.54, 1.807) is 0 Å². The Bertz CT molecular complexity index is 342. The van der Waals surface area contributed by atoms with Crippen molar-refractivity contribution in [1.29, 1.82) is 0 Å². The fourth-order valence-electron chi connectivity index (χ4n) is 2.15. The van der Waals surface area contributed by atoms with E-state index in [0.717, 1.165) is 18.4 Å². The Morgan fingerprint density at radius 3 is 2.33 bits per heavy atom. The van der Waals surface area contributed by atoms with Crippen LogP contribution in [0.2, 0.25) is 0 Å². The molecule has 0 radical (unpaired) electrons. The summed E-state index contributed by atoms with van der Waals surface area (Å²) in [4.78, 5) is 0. The second kappa shape index (κ2) is 15.5. The van der Waals surface area contributed by atoms with Crippen LogP contribution in [0.5, 0.6) is 0 Å². The van der Waals surface area contributed by atoms with E-state index in [9.17, 15) is 10.2 Å². The predicted octanol–water partition coefficient (Wildman–Crippen LogP) is 0.358. The summed E-state index contributed by atoms with van der Waals surface area (Å²) in [7, 11) is 0. The summed E-state index contributed by atoms with van der Waals surface area (Å²) in [6.07, 6.45) is 0.644. The lowest BCUT2D eigenvalue weighted by atomic mass is 10.0. The third-order valence-corrected chi connectivity index (χ3v) is 3.19. The van der Waals surface area contributed by atoms with Gasteiger partial charge in [-0.25, -0.2) is 5.01 Å². The number of hydrogen-bond acceptors (Lipinski definition) is 8. The molecule has 4 unspecified atom stereocenters. The third-order valence-electron chi connectivity index (χ3n) is 3.19. The van der Waals surface area contributed by atoms with E-state index < -0.39 is 24.5 Å². The van der Waals surface area contributed by atoms with Crippen molar-refractivity contribution in [2.45, 2.75) is 71.5 Å². The quantitative estimate of drug-likeness (QED) is 0.266. The SMILES string of the molecule is C=NN(/C=C(/C)CCC)C1CC(O)C(O)C(CO)O1.CC.NCO. The lowest BCUT2D eigenvalue weighted by Gasteiger charge is -2.39. The molecule has 8 heteroatoms. The number of hydrazone groups is 1. The van der Waals surface area contributed by atoms with Gasteiger partial charge in [0.15, 0.2) is 6.23 Å². The zero-order chi connectivity index (χ0) is 19.1. The predicted molar refractivity (Wildman–Crippen MR) is 95.1 cm³/mol. The first-order valence-corrected chi connectivity index (χ1v) is 8.30. The van der Waals surface area contributed by atoms with Gasteiger partial charge >= 0.3 is 0 Å². The number of rotatable bonds is 6. The Labute approximate surface area is 145 Å². The molecule has 8 nitrogen and oxygen atoms in total. The normalized spacial score (nSPS) is 26.5. The number of nitrogens with zero attached hydrogens (tertiary/aromatic N) is 2. The van der Waals surface area contributed by atoms with E-state index in [4.69, 9.17) is 14.9 Å². The van der Waals surface area contributed by atoms with Gasteiger partial charge in [-0.15, -0.1) is 0 Å². The van der Waals surface area contributed by atoms with Crippen LogP contribution in [0, 0.1) is 0 Å². The lowest BCUT2D eigenvalue weighted by molar-refractivity contribution is -0.210. The fourth-order valence-corrected chi connectivity index (χ4v) is 2.15. The molecule has 1 rings (SSSR count). The van der Waals surface area contributed by atoms with E-state index in [2.05, 4.69) is 24.5 Å². The molecule has 1 fully saturated rings. The molecule has 0 spiro atoms. The smallest absolute Gasteiger partial charge is 0.153 e. The summed E-state index contributed by atoms with van der Waals surface area (Å²) in [5, 5.41) is 41.3. The average Bonchev–Trinajstić information content (AvgIpc) is 2.58. The molecular formula is C16H35N3O5. The van der Waals surface area contributed by atoms with Crippen molar-refractivity contribution in [3.8, 4) is 0 Å². The molecule has 1 heterocycles. The Hall–Kier alpha value is -1.03. The van der Waals surface area contributed by atoms with Gasteiger partial charge in [-0.1, -0.05) is 32.8 Å². The Morgan fingerprint density at radius 1 is 1.38 bits per heavy atom. The van der Waals surface area contributed by atoms with Crippen molar-refractivity contribution in [1.82, 2.24) is 5.01 Å². The molecule has 6 N–H and O–H groups in total. The highest BCUT2D eigenvalue weighted by Crippen LogP contribution is 2.24. The van der Waals surface area contributed by atoms with Gasteiger partial charge in [0.05, 0.1) is 19.4 Å². The lowest BCUT2D eigenvalue weighted by Crippen LogP contribution is -2.53. The van der Waals surface area contributed by atoms with Gasteiger partial charge in [0.2, 0.25) is 0 Å². The van der Waals surface area contributed by atoms with E-state index in [0.29, 0.717) is 0 Å². The molecule has 144 valence electrons. The maximum absolute atomic E-state index is 9.78. The highest BCUT2D eigenvalue weighted by molar-refractivity contribution is 5.23. The van der Waals surface area contributed by atoms with Crippen LogP contribution in [0.1, 0.15) is 47.0 Å². The van der Waals surface area contributed by atoms with Crippen molar-refractivity contribution in [2.75, 3.05) is 13.3 Å². The Kier molecular flexibility index (Phi) is 16.3. The Morgan fingerprint density at radius 2 is 1.92 bits per heavy atom. The van der Waals surface area contributed by atoms with Gasteiger partial charge in [0, 0.05) is 19.3 Å². The number of aliphatic hydroxyl groups is 4. The van der Waals surface area contributed by atoms with Crippen LogP contribution in [-0.4, -0.2) is 70.0 Å². The van der Waals surface area contributed by atoms with Crippen LogP contribution in [0.15, 0.2) is 16.9 Å². The molecule has 0 aromatic carbocycles. The second-order valence-electron chi connectivity index (χ2n) is 5.03. The van der Waals surface area contributed by atoms with Crippen molar-refractivity contribution < 1.29 is 25.2 Å². The number of allylic oxidation sites excluding steroid dienone is 1. The summed E-state index contributed by atoms with van der Waals surface area (Å²) in [6.45, 7) is 11.0. The zero-order valence-electron chi connectivity index (χ0n) is 15.3. The van der Waals surface area contributed by atoms with Crippen LogP contribution in [0.3, 0.4) is 0 Å². The molecule has 1 aliphatic heterocycles. The first-order chi connectivity index (χ1) is 11.4. The molecule has 0 saturated carbocycles. The fraction of sp³-hybridized carbons (Fsp3) is 0.812. The number of aliphatic hydroxyl groups excluding tert-OH is 4. The van der Waals surface area contributed by atoms with Crippen LogP contribution >= 0.6 is 0 Å². The first-order valence-electron chi connectivity index (χ1n) is 8.30. The average molecular weight is 349 g/mol. The summed E-state index contributed by atoms with van der Waals surface area (Å²) in [5.41, 5.74) is 5.53. The van der Waals surface area contributed by atoms with Crippen molar-refractivity contribution in [2.24, 2.45) is 10.8 Å². The van der Waals surface area contributed by atoms with Gasteiger partial charge in [-0.05, 0) is 13.3 Å². The van der Waals surface area contributed by atoms with E-state index in [-0.39, 0.29) is 19.8 Å². The van der Waals surface area contributed by atoms with E-state index in [1.165, 1.54) is 5.01 Å². The van der Waals surface area contributed by atoms with Gasteiger partial charge in [-0.3, -0.25) is 0 Å². The molecule has 0 amide bonds. The number of hydrogen-bond donors (Lipinski definition) is 5. The molecule has 24 heavy (non-hydrogen) atoms. The maximum atomic E-state index is 9.78. The van der Waals surface area contributed by atoms with Crippen molar-refractivity contribution >= 4 is 6.72 Å². The highest BCUT2D eigenvalue weighted by Gasteiger charge is 2.38. The minimum Gasteiger partial charge on any atom is -0.394 e. The number of nitrogens with two attached hydrogens (primary N) is 1. The summed E-state index contributed by atoms with van der Waals surface area (Å²) in [6, 6.07) is 0.